The third-order valence-electron chi connectivity index (χ3n) is 5.04. The molecule has 1 fully saturated rings. The van der Waals surface area contributed by atoms with Gasteiger partial charge in [0.1, 0.15) is 23.8 Å². The first kappa shape index (κ1) is 19.8. The quantitative estimate of drug-likeness (QED) is 0.721. The number of aliphatic hydroxyl groups is 3. The van der Waals surface area contributed by atoms with E-state index in [1.54, 1.807) is 37.3 Å². The minimum atomic E-state index is -1.07. The van der Waals surface area contributed by atoms with E-state index in [1.165, 1.54) is 12.1 Å². The zero-order valence-electron chi connectivity index (χ0n) is 15.2. The average molecular weight is 376 g/mol. The molecule has 5 unspecified atom stereocenters. The Hall–Kier alpha value is -1.99. The van der Waals surface area contributed by atoms with Crippen molar-refractivity contribution in [1.82, 2.24) is 0 Å². The Morgan fingerprint density at radius 2 is 1.81 bits per heavy atom. The highest BCUT2D eigenvalue weighted by atomic mass is 19.1. The van der Waals surface area contributed by atoms with Crippen LogP contribution in [0.4, 0.5) is 4.39 Å². The van der Waals surface area contributed by atoms with Crippen LogP contribution in [0.3, 0.4) is 0 Å². The van der Waals surface area contributed by atoms with Crippen molar-refractivity contribution in [2.75, 3.05) is 13.2 Å². The molecule has 0 saturated carbocycles. The van der Waals surface area contributed by atoms with E-state index >= 15 is 0 Å². The van der Waals surface area contributed by atoms with Gasteiger partial charge in [-0.1, -0.05) is 31.2 Å². The van der Waals surface area contributed by atoms with Crippen LogP contribution in [0.15, 0.2) is 48.5 Å². The SMILES string of the molecule is CC1C(CO)OC(c2ccc(OCCc3cccc(F)c3)cc2)C(O)C1O. The van der Waals surface area contributed by atoms with Crippen molar-refractivity contribution in [1.29, 1.82) is 0 Å². The zero-order valence-corrected chi connectivity index (χ0v) is 15.2. The number of rotatable bonds is 6. The Bertz CT molecular complexity index is 734. The normalized spacial score (nSPS) is 28.1. The van der Waals surface area contributed by atoms with E-state index in [9.17, 15) is 19.7 Å². The van der Waals surface area contributed by atoms with E-state index in [-0.39, 0.29) is 18.3 Å². The number of ether oxygens (including phenoxy) is 2. The van der Waals surface area contributed by atoms with Gasteiger partial charge in [-0.25, -0.2) is 4.39 Å². The number of hydrogen-bond donors (Lipinski definition) is 3. The lowest BCUT2D eigenvalue weighted by Crippen LogP contribution is -2.50. The van der Waals surface area contributed by atoms with E-state index in [1.807, 2.05) is 6.07 Å². The van der Waals surface area contributed by atoms with Crippen LogP contribution in [0, 0.1) is 11.7 Å². The van der Waals surface area contributed by atoms with Crippen molar-refractivity contribution in [2.24, 2.45) is 5.92 Å². The van der Waals surface area contributed by atoms with Gasteiger partial charge in [0.05, 0.1) is 25.4 Å². The molecule has 1 saturated heterocycles. The van der Waals surface area contributed by atoms with Gasteiger partial charge in [0, 0.05) is 12.3 Å². The fraction of sp³-hybridized carbons (Fsp3) is 0.429. The van der Waals surface area contributed by atoms with Crippen molar-refractivity contribution in [3.8, 4) is 5.75 Å². The van der Waals surface area contributed by atoms with Crippen molar-refractivity contribution >= 4 is 0 Å². The molecule has 2 aromatic rings. The van der Waals surface area contributed by atoms with Gasteiger partial charge in [-0.15, -0.1) is 0 Å². The third kappa shape index (κ3) is 4.65. The molecule has 0 amide bonds. The maximum Gasteiger partial charge on any atom is 0.123 e. The first-order valence-corrected chi connectivity index (χ1v) is 9.09. The van der Waals surface area contributed by atoms with E-state index in [2.05, 4.69) is 0 Å². The molecule has 5 atom stereocenters. The van der Waals surface area contributed by atoms with Crippen LogP contribution in [0.1, 0.15) is 24.2 Å². The van der Waals surface area contributed by atoms with Gasteiger partial charge in [-0.05, 0) is 35.4 Å². The summed E-state index contributed by atoms with van der Waals surface area (Å²) < 4.78 is 24.6. The molecule has 3 N–H and O–H groups in total. The molecule has 146 valence electrons. The largest absolute Gasteiger partial charge is 0.493 e. The predicted octanol–water partition coefficient (Wildman–Crippen LogP) is 2.24. The number of halogens is 1. The second-order valence-corrected chi connectivity index (χ2v) is 6.92. The van der Waals surface area contributed by atoms with Crippen LogP contribution < -0.4 is 4.74 Å². The Kier molecular flexibility index (Phi) is 6.44. The number of hydrogen-bond acceptors (Lipinski definition) is 5. The highest BCUT2D eigenvalue weighted by Gasteiger charge is 2.42. The average Bonchev–Trinajstić information content (AvgIpc) is 2.67. The minimum absolute atomic E-state index is 0.220. The Balaban J connectivity index is 1.59. The molecule has 3 rings (SSSR count). The van der Waals surface area contributed by atoms with Crippen molar-refractivity contribution in [3.63, 3.8) is 0 Å². The monoisotopic (exact) mass is 376 g/mol. The lowest BCUT2D eigenvalue weighted by molar-refractivity contribution is -0.207. The van der Waals surface area contributed by atoms with Gasteiger partial charge < -0.3 is 24.8 Å². The molecule has 1 aliphatic heterocycles. The van der Waals surface area contributed by atoms with E-state index < -0.39 is 24.4 Å². The summed E-state index contributed by atoms with van der Waals surface area (Å²) in [5, 5.41) is 29.9. The highest BCUT2D eigenvalue weighted by molar-refractivity contribution is 5.30. The first-order chi connectivity index (χ1) is 13.0. The molecule has 27 heavy (non-hydrogen) atoms. The zero-order chi connectivity index (χ0) is 19.4. The highest BCUT2D eigenvalue weighted by Crippen LogP contribution is 2.35. The second kappa shape index (κ2) is 8.80. The molecule has 0 bridgehead atoms. The molecule has 1 aliphatic rings. The predicted molar refractivity (Wildman–Crippen MR) is 97.9 cm³/mol. The Labute approximate surface area is 158 Å². The maximum atomic E-state index is 13.2. The van der Waals surface area contributed by atoms with Crippen LogP contribution in [-0.2, 0) is 11.2 Å². The molecular weight excluding hydrogens is 351 g/mol. The van der Waals surface area contributed by atoms with E-state index in [4.69, 9.17) is 9.47 Å². The van der Waals surface area contributed by atoms with Crippen molar-refractivity contribution in [2.45, 2.75) is 37.8 Å². The molecule has 1 heterocycles. The topological polar surface area (TPSA) is 79.2 Å². The lowest BCUT2D eigenvalue weighted by atomic mass is 9.86. The van der Waals surface area contributed by atoms with E-state index in [0.717, 1.165) is 5.56 Å². The van der Waals surface area contributed by atoms with Gasteiger partial charge in [-0.3, -0.25) is 0 Å². The fourth-order valence-electron chi connectivity index (χ4n) is 3.32. The lowest BCUT2D eigenvalue weighted by Gasteiger charge is -2.41. The van der Waals surface area contributed by atoms with E-state index in [0.29, 0.717) is 24.3 Å². The van der Waals surface area contributed by atoms with Gasteiger partial charge in [-0.2, -0.15) is 0 Å². The Morgan fingerprint density at radius 1 is 1.07 bits per heavy atom. The second-order valence-electron chi connectivity index (χ2n) is 6.92. The fourth-order valence-corrected chi connectivity index (χ4v) is 3.32. The molecule has 0 spiro atoms. The summed E-state index contributed by atoms with van der Waals surface area (Å²) in [5.74, 6) is 0.0281. The summed E-state index contributed by atoms with van der Waals surface area (Å²) in [7, 11) is 0. The minimum Gasteiger partial charge on any atom is -0.493 e. The molecule has 0 aliphatic carbocycles. The summed E-state index contributed by atoms with van der Waals surface area (Å²) in [4.78, 5) is 0. The Morgan fingerprint density at radius 3 is 2.48 bits per heavy atom. The van der Waals surface area contributed by atoms with Gasteiger partial charge >= 0.3 is 0 Å². The summed E-state index contributed by atoms with van der Waals surface area (Å²) in [6.07, 6.45) is -2.69. The number of aliphatic hydroxyl groups excluding tert-OH is 3. The summed E-state index contributed by atoms with van der Waals surface area (Å²) >= 11 is 0. The van der Waals surface area contributed by atoms with Crippen molar-refractivity contribution in [3.05, 3.63) is 65.5 Å². The van der Waals surface area contributed by atoms with Crippen LogP contribution in [0.5, 0.6) is 5.75 Å². The standard InChI is InChI=1S/C21H25FO5/c1-13-18(12-23)27-21(20(25)19(13)24)15-5-7-17(8-6-15)26-10-9-14-3-2-4-16(22)11-14/h2-8,11,13,18-21,23-25H,9-10,12H2,1H3. The number of benzene rings is 2. The molecular formula is C21H25FO5. The molecule has 0 aromatic heterocycles. The molecule has 5 nitrogen and oxygen atoms in total. The molecule has 6 heteroatoms. The van der Waals surface area contributed by atoms with Crippen LogP contribution >= 0.6 is 0 Å². The maximum absolute atomic E-state index is 13.2. The third-order valence-corrected chi connectivity index (χ3v) is 5.04. The first-order valence-electron chi connectivity index (χ1n) is 9.09. The molecule has 0 radical (unpaired) electrons. The van der Waals surface area contributed by atoms with Gasteiger partial charge in [0.2, 0.25) is 0 Å². The van der Waals surface area contributed by atoms with Crippen LogP contribution in [-0.4, -0.2) is 46.8 Å². The molecule has 2 aromatic carbocycles. The van der Waals surface area contributed by atoms with Crippen LogP contribution in [0.2, 0.25) is 0 Å². The van der Waals surface area contributed by atoms with Gasteiger partial charge in [0.25, 0.3) is 0 Å². The summed E-state index contributed by atoms with van der Waals surface area (Å²) in [6.45, 7) is 1.93. The van der Waals surface area contributed by atoms with Crippen molar-refractivity contribution < 1.29 is 29.2 Å². The summed E-state index contributed by atoms with van der Waals surface area (Å²) in [6, 6.07) is 13.5. The van der Waals surface area contributed by atoms with Gasteiger partial charge in [0.15, 0.2) is 0 Å². The smallest absolute Gasteiger partial charge is 0.123 e. The van der Waals surface area contributed by atoms with Crippen LogP contribution in [0.25, 0.3) is 0 Å². The summed E-state index contributed by atoms with van der Waals surface area (Å²) in [5.41, 5.74) is 1.56.